The lowest BCUT2D eigenvalue weighted by Gasteiger charge is -2.23. The van der Waals surface area contributed by atoms with Gasteiger partial charge in [0.2, 0.25) is 15.9 Å². The monoisotopic (exact) mass is 324 g/mol. The molecule has 122 valence electrons. The number of rotatable bonds is 6. The van der Waals surface area contributed by atoms with Gasteiger partial charge in [0.15, 0.2) is 0 Å². The van der Waals surface area contributed by atoms with Gasteiger partial charge in [-0.25, -0.2) is 8.42 Å². The minimum absolute atomic E-state index is 0.106. The Morgan fingerprint density at radius 1 is 1.36 bits per heavy atom. The maximum Gasteiger partial charge on any atom is 0.238 e. The minimum atomic E-state index is -3.32. The number of hydrogen-bond acceptors (Lipinski definition) is 3. The first-order valence-corrected chi connectivity index (χ1v) is 9.38. The van der Waals surface area contributed by atoms with Crippen molar-refractivity contribution in [3.05, 3.63) is 35.4 Å². The van der Waals surface area contributed by atoms with Crippen LogP contribution < -0.4 is 5.32 Å². The minimum Gasteiger partial charge on any atom is -0.351 e. The lowest BCUT2D eigenvalue weighted by molar-refractivity contribution is -0.124. The van der Waals surface area contributed by atoms with Crippen molar-refractivity contribution in [3.8, 4) is 0 Å². The Morgan fingerprint density at radius 2 is 2.09 bits per heavy atom. The Balaban J connectivity index is 2.01. The van der Waals surface area contributed by atoms with Crippen LogP contribution in [-0.2, 0) is 21.4 Å². The van der Waals surface area contributed by atoms with Crippen molar-refractivity contribution < 1.29 is 13.2 Å². The molecule has 1 N–H and O–H groups in total. The van der Waals surface area contributed by atoms with Gasteiger partial charge in [-0.1, -0.05) is 31.2 Å². The highest BCUT2D eigenvalue weighted by Gasteiger charge is 2.37. The summed E-state index contributed by atoms with van der Waals surface area (Å²) >= 11 is 0. The maximum absolute atomic E-state index is 12.4. The molecular formula is C16H24N2O3S. The first kappa shape index (κ1) is 17.0. The molecule has 0 aromatic heterocycles. The summed E-state index contributed by atoms with van der Waals surface area (Å²) in [6.07, 6.45) is 1.91. The molecule has 1 amide bonds. The fourth-order valence-corrected chi connectivity index (χ4v) is 4.57. The number of benzene rings is 1. The van der Waals surface area contributed by atoms with Gasteiger partial charge in [-0.3, -0.25) is 4.79 Å². The van der Waals surface area contributed by atoms with Crippen molar-refractivity contribution in [2.45, 2.75) is 45.7 Å². The van der Waals surface area contributed by atoms with Gasteiger partial charge >= 0.3 is 0 Å². The quantitative estimate of drug-likeness (QED) is 0.868. The van der Waals surface area contributed by atoms with Crippen molar-refractivity contribution in [3.63, 3.8) is 0 Å². The molecule has 1 heterocycles. The average Bonchev–Trinajstić information content (AvgIpc) is 2.96. The van der Waals surface area contributed by atoms with E-state index in [0.29, 0.717) is 25.9 Å². The van der Waals surface area contributed by atoms with E-state index in [-0.39, 0.29) is 11.7 Å². The van der Waals surface area contributed by atoms with Gasteiger partial charge in [0.25, 0.3) is 0 Å². The Hall–Kier alpha value is -1.40. The molecule has 1 saturated heterocycles. The van der Waals surface area contributed by atoms with Gasteiger partial charge in [-0.2, -0.15) is 4.31 Å². The van der Waals surface area contributed by atoms with Gasteiger partial charge in [0, 0.05) is 13.1 Å². The maximum atomic E-state index is 12.4. The van der Waals surface area contributed by atoms with Crippen LogP contribution in [0, 0.1) is 6.92 Å². The largest absolute Gasteiger partial charge is 0.351 e. The van der Waals surface area contributed by atoms with Crippen molar-refractivity contribution in [1.82, 2.24) is 9.62 Å². The van der Waals surface area contributed by atoms with Crippen LogP contribution in [0.15, 0.2) is 24.3 Å². The van der Waals surface area contributed by atoms with E-state index in [2.05, 4.69) is 5.32 Å². The molecule has 2 rings (SSSR count). The number of sulfonamides is 1. The van der Waals surface area contributed by atoms with Crippen LogP contribution in [-0.4, -0.2) is 37.0 Å². The molecule has 0 saturated carbocycles. The summed E-state index contributed by atoms with van der Waals surface area (Å²) in [6.45, 7) is 4.71. The van der Waals surface area contributed by atoms with E-state index in [1.807, 2.05) is 38.1 Å². The van der Waals surface area contributed by atoms with Gasteiger partial charge in [-0.05, 0) is 37.3 Å². The lowest BCUT2D eigenvalue weighted by atomic mass is 10.1. The number of carbonyl (C=O) groups is 1. The third-order valence-corrected chi connectivity index (χ3v) is 6.12. The molecule has 1 aromatic rings. The highest BCUT2D eigenvalue weighted by atomic mass is 32.2. The van der Waals surface area contributed by atoms with Crippen LogP contribution in [0.3, 0.4) is 0 Å². The number of amides is 1. The Morgan fingerprint density at radius 3 is 2.77 bits per heavy atom. The summed E-state index contributed by atoms with van der Waals surface area (Å²) in [4.78, 5) is 12.4. The Bertz CT molecular complexity index is 628. The predicted molar refractivity (Wildman–Crippen MR) is 86.8 cm³/mol. The van der Waals surface area contributed by atoms with Gasteiger partial charge < -0.3 is 5.32 Å². The Labute approximate surface area is 132 Å². The van der Waals surface area contributed by atoms with Gasteiger partial charge in [-0.15, -0.1) is 0 Å². The van der Waals surface area contributed by atoms with Crippen molar-refractivity contribution in [2.24, 2.45) is 0 Å². The van der Waals surface area contributed by atoms with Gasteiger partial charge in [0.1, 0.15) is 6.04 Å². The molecule has 6 heteroatoms. The molecule has 1 unspecified atom stereocenters. The number of aryl methyl sites for hydroxylation is 1. The molecule has 5 nitrogen and oxygen atoms in total. The summed E-state index contributed by atoms with van der Waals surface area (Å²) in [7, 11) is -3.32. The van der Waals surface area contributed by atoms with Crippen molar-refractivity contribution in [2.75, 3.05) is 12.3 Å². The van der Waals surface area contributed by atoms with E-state index < -0.39 is 16.1 Å². The normalized spacial score (nSPS) is 19.3. The third-order valence-electron chi connectivity index (χ3n) is 4.04. The van der Waals surface area contributed by atoms with Gasteiger partial charge in [0.05, 0.1) is 5.75 Å². The van der Waals surface area contributed by atoms with E-state index in [4.69, 9.17) is 0 Å². The zero-order valence-corrected chi connectivity index (χ0v) is 14.0. The molecule has 1 atom stereocenters. The van der Waals surface area contributed by atoms with Crippen LogP contribution in [0.1, 0.15) is 37.3 Å². The molecule has 1 fully saturated rings. The first-order valence-electron chi connectivity index (χ1n) is 7.77. The summed E-state index contributed by atoms with van der Waals surface area (Å²) in [5, 5.41) is 2.88. The average molecular weight is 324 g/mol. The smallest absolute Gasteiger partial charge is 0.238 e. The van der Waals surface area contributed by atoms with Crippen LogP contribution >= 0.6 is 0 Å². The fourth-order valence-electron chi connectivity index (χ4n) is 2.82. The predicted octanol–water partition coefficient (Wildman–Crippen LogP) is 1.82. The standard InChI is InChI=1S/C16H24N2O3S/c1-3-11-22(20,21)18-10-6-9-15(18)16(19)17-12-14-8-5-4-7-13(14)2/h4-5,7-8,15H,3,6,9-12H2,1-2H3,(H,17,19). The number of carbonyl (C=O) groups excluding carboxylic acids is 1. The second-order valence-corrected chi connectivity index (χ2v) is 7.77. The molecule has 1 aliphatic heterocycles. The Kier molecular flexibility index (Phi) is 5.58. The zero-order chi connectivity index (χ0) is 16.2. The zero-order valence-electron chi connectivity index (χ0n) is 13.2. The molecule has 1 aliphatic rings. The third kappa shape index (κ3) is 3.87. The second kappa shape index (κ2) is 7.24. The van der Waals surface area contributed by atoms with Crippen molar-refractivity contribution >= 4 is 15.9 Å². The van der Waals surface area contributed by atoms with E-state index in [1.54, 1.807) is 0 Å². The summed E-state index contributed by atoms with van der Waals surface area (Å²) in [6, 6.07) is 7.30. The van der Waals surface area contributed by atoms with E-state index in [1.165, 1.54) is 4.31 Å². The number of nitrogens with zero attached hydrogens (tertiary/aromatic N) is 1. The molecule has 1 aromatic carbocycles. The first-order chi connectivity index (χ1) is 10.5. The summed E-state index contributed by atoms with van der Waals surface area (Å²) < 4.78 is 25.8. The molecule has 0 bridgehead atoms. The molecule has 0 radical (unpaired) electrons. The molecular weight excluding hydrogens is 300 g/mol. The van der Waals surface area contributed by atoms with Crippen LogP contribution in [0.5, 0.6) is 0 Å². The lowest BCUT2D eigenvalue weighted by Crippen LogP contribution is -2.46. The summed E-state index contributed by atoms with van der Waals surface area (Å²) in [5.74, 6) is -0.0883. The van der Waals surface area contributed by atoms with Crippen LogP contribution in [0.4, 0.5) is 0 Å². The molecule has 22 heavy (non-hydrogen) atoms. The molecule has 0 spiro atoms. The van der Waals surface area contributed by atoms with E-state index in [0.717, 1.165) is 17.5 Å². The number of nitrogens with one attached hydrogen (secondary N) is 1. The second-order valence-electron chi connectivity index (χ2n) is 5.73. The highest BCUT2D eigenvalue weighted by Crippen LogP contribution is 2.22. The topological polar surface area (TPSA) is 66.5 Å². The van der Waals surface area contributed by atoms with E-state index in [9.17, 15) is 13.2 Å². The molecule has 0 aliphatic carbocycles. The number of hydrogen-bond donors (Lipinski definition) is 1. The SMILES string of the molecule is CCCS(=O)(=O)N1CCCC1C(=O)NCc1ccccc1C. The summed E-state index contributed by atoms with van der Waals surface area (Å²) in [5.41, 5.74) is 2.17. The van der Waals surface area contributed by atoms with E-state index >= 15 is 0 Å². The van der Waals surface area contributed by atoms with Crippen LogP contribution in [0.25, 0.3) is 0 Å². The fraction of sp³-hybridized carbons (Fsp3) is 0.562. The van der Waals surface area contributed by atoms with Crippen molar-refractivity contribution in [1.29, 1.82) is 0 Å². The highest BCUT2D eigenvalue weighted by molar-refractivity contribution is 7.89. The van der Waals surface area contributed by atoms with Crippen LogP contribution in [0.2, 0.25) is 0 Å².